The van der Waals surface area contributed by atoms with Gasteiger partial charge in [-0.25, -0.2) is 5.43 Å². The topological polar surface area (TPSA) is 102 Å². The molecule has 1 heterocycles. The molecule has 3 aromatic rings. The molecule has 1 amide bonds. The van der Waals surface area contributed by atoms with E-state index in [1.54, 1.807) is 42.1 Å². The van der Waals surface area contributed by atoms with Crippen LogP contribution < -0.4 is 5.43 Å². The zero-order chi connectivity index (χ0) is 21.0. The van der Waals surface area contributed by atoms with E-state index in [-0.39, 0.29) is 11.4 Å². The summed E-state index contributed by atoms with van der Waals surface area (Å²) in [5, 5.41) is 19.7. The second kappa shape index (κ2) is 8.97. The van der Waals surface area contributed by atoms with Crippen molar-refractivity contribution in [2.24, 2.45) is 5.10 Å². The first kappa shape index (κ1) is 20.7. The predicted molar refractivity (Wildman–Crippen MR) is 113 cm³/mol. The van der Waals surface area contributed by atoms with Crippen LogP contribution in [0, 0.1) is 10.1 Å². The Balaban J connectivity index is 1.68. The van der Waals surface area contributed by atoms with Crippen molar-refractivity contribution in [1.82, 2.24) is 15.2 Å². The van der Waals surface area contributed by atoms with Crippen molar-refractivity contribution in [3.05, 3.63) is 91.2 Å². The molecule has 0 aliphatic heterocycles. The fourth-order valence-corrected chi connectivity index (χ4v) is 3.11. The zero-order valence-corrected chi connectivity index (χ0v) is 17.5. The molecule has 1 aromatic heterocycles. The summed E-state index contributed by atoms with van der Waals surface area (Å²) in [7, 11) is 0. The van der Waals surface area contributed by atoms with Crippen LogP contribution in [0.1, 0.15) is 28.5 Å². The Hall–Kier alpha value is -3.04. The molecule has 0 unspecified atom stereocenters. The molecule has 0 saturated heterocycles. The summed E-state index contributed by atoms with van der Waals surface area (Å²) < 4.78 is 2.17. The van der Waals surface area contributed by atoms with Crippen LogP contribution in [0.25, 0.3) is 0 Å². The Morgan fingerprint density at radius 1 is 1.24 bits per heavy atom. The highest BCUT2D eigenvalue weighted by Gasteiger charge is 2.15. The van der Waals surface area contributed by atoms with E-state index >= 15 is 0 Å². The van der Waals surface area contributed by atoms with Crippen LogP contribution in [0.4, 0.5) is 5.69 Å². The molecule has 2 aromatic carbocycles. The number of nitro groups is 1. The minimum absolute atomic E-state index is 0.0132. The van der Waals surface area contributed by atoms with Crippen LogP contribution in [0.3, 0.4) is 0 Å². The van der Waals surface area contributed by atoms with Gasteiger partial charge in [0.25, 0.3) is 11.6 Å². The molecule has 29 heavy (non-hydrogen) atoms. The van der Waals surface area contributed by atoms with Crippen molar-refractivity contribution < 1.29 is 9.72 Å². The molecule has 0 radical (unpaired) electrons. The second-order valence-electron chi connectivity index (χ2n) is 6.09. The number of nitrogens with zero attached hydrogens (tertiary/aromatic N) is 4. The summed E-state index contributed by atoms with van der Waals surface area (Å²) in [6, 6.07) is 13.2. The number of hydrogen-bond acceptors (Lipinski definition) is 5. The van der Waals surface area contributed by atoms with Gasteiger partial charge in [0.2, 0.25) is 0 Å². The lowest BCUT2D eigenvalue weighted by molar-refractivity contribution is -0.384. The van der Waals surface area contributed by atoms with Crippen molar-refractivity contribution in [1.29, 1.82) is 0 Å². The molecule has 0 bridgehead atoms. The Morgan fingerprint density at radius 2 is 1.90 bits per heavy atom. The standard InChI is InChI=1S/C19H15BrClN5O3/c1-12(14-4-8-16(9-5-14)26(28)29)22-23-19(27)18-17(20)11-25(24-18)10-13-2-6-15(21)7-3-13/h2-9,11H,10H2,1H3,(H,23,27). The molecule has 10 heteroatoms. The lowest BCUT2D eigenvalue weighted by atomic mass is 10.1. The Kier molecular flexibility index (Phi) is 6.40. The molecule has 1 N–H and O–H groups in total. The molecule has 0 aliphatic rings. The molecule has 8 nitrogen and oxygen atoms in total. The molecule has 148 valence electrons. The lowest BCUT2D eigenvalue weighted by Crippen LogP contribution is -2.20. The largest absolute Gasteiger partial charge is 0.293 e. The van der Waals surface area contributed by atoms with Gasteiger partial charge in [0.1, 0.15) is 0 Å². The van der Waals surface area contributed by atoms with Gasteiger partial charge >= 0.3 is 0 Å². The van der Waals surface area contributed by atoms with E-state index < -0.39 is 10.8 Å². The van der Waals surface area contributed by atoms with Crippen molar-refractivity contribution in [2.45, 2.75) is 13.5 Å². The highest BCUT2D eigenvalue weighted by atomic mass is 79.9. The van der Waals surface area contributed by atoms with Gasteiger partial charge in [-0.3, -0.25) is 19.6 Å². The Morgan fingerprint density at radius 3 is 2.52 bits per heavy atom. The smallest absolute Gasteiger partial charge is 0.266 e. The summed E-state index contributed by atoms with van der Waals surface area (Å²) in [6.07, 6.45) is 1.70. The summed E-state index contributed by atoms with van der Waals surface area (Å²) in [5.41, 5.74) is 4.78. The quantitative estimate of drug-likeness (QED) is 0.323. The number of nitrogens with one attached hydrogen (secondary N) is 1. The Bertz CT molecular complexity index is 1080. The van der Waals surface area contributed by atoms with Crippen LogP contribution in [-0.2, 0) is 6.54 Å². The number of amides is 1. The SMILES string of the molecule is CC(=NNC(=O)c1nn(Cc2ccc(Cl)cc2)cc1Br)c1ccc([N+](=O)[O-])cc1. The molecule has 3 rings (SSSR count). The number of non-ortho nitro benzene ring substituents is 1. The summed E-state index contributed by atoms with van der Waals surface area (Å²) >= 11 is 9.23. The number of benzene rings is 2. The van der Waals surface area contributed by atoms with Gasteiger partial charge in [-0.1, -0.05) is 23.7 Å². The van der Waals surface area contributed by atoms with Crippen LogP contribution >= 0.6 is 27.5 Å². The third-order valence-corrected chi connectivity index (χ3v) is 4.84. The maximum atomic E-state index is 12.4. The van der Waals surface area contributed by atoms with Crippen molar-refractivity contribution in [3.63, 3.8) is 0 Å². The van der Waals surface area contributed by atoms with Crippen molar-refractivity contribution in [2.75, 3.05) is 0 Å². The zero-order valence-electron chi connectivity index (χ0n) is 15.2. The molecular formula is C19H15BrClN5O3. The first-order chi connectivity index (χ1) is 13.8. The number of aromatic nitrogens is 2. The predicted octanol–water partition coefficient (Wildman–Crippen LogP) is 4.41. The third-order valence-electron chi connectivity index (χ3n) is 4.01. The van der Waals surface area contributed by atoms with E-state index in [1.165, 1.54) is 12.1 Å². The van der Waals surface area contributed by atoms with Crippen LogP contribution in [0.2, 0.25) is 5.02 Å². The van der Waals surface area contributed by atoms with E-state index in [0.717, 1.165) is 5.56 Å². The number of hydrazone groups is 1. The van der Waals surface area contributed by atoms with Crippen LogP contribution in [-0.4, -0.2) is 26.3 Å². The van der Waals surface area contributed by atoms with E-state index in [9.17, 15) is 14.9 Å². The number of hydrogen-bond donors (Lipinski definition) is 1. The second-order valence-corrected chi connectivity index (χ2v) is 7.38. The van der Waals surface area contributed by atoms with Crippen LogP contribution in [0.15, 0.2) is 64.3 Å². The maximum Gasteiger partial charge on any atom is 0.293 e. The summed E-state index contributed by atoms with van der Waals surface area (Å²) in [6.45, 7) is 2.17. The van der Waals surface area contributed by atoms with Gasteiger partial charge in [-0.15, -0.1) is 0 Å². The number of rotatable bonds is 6. The molecular weight excluding hydrogens is 462 g/mol. The molecule has 0 atom stereocenters. The maximum absolute atomic E-state index is 12.4. The fourth-order valence-electron chi connectivity index (χ4n) is 2.49. The number of carbonyl (C=O) groups excluding carboxylic acids is 1. The minimum atomic E-state index is -0.479. The molecule has 0 saturated carbocycles. The van der Waals surface area contributed by atoms with Gasteiger partial charge in [0.15, 0.2) is 5.69 Å². The first-order valence-corrected chi connectivity index (χ1v) is 9.57. The minimum Gasteiger partial charge on any atom is -0.266 e. The molecule has 0 aliphatic carbocycles. The fraction of sp³-hybridized carbons (Fsp3) is 0.105. The summed E-state index contributed by atoms with van der Waals surface area (Å²) in [4.78, 5) is 22.7. The van der Waals surface area contributed by atoms with E-state index in [4.69, 9.17) is 11.6 Å². The van der Waals surface area contributed by atoms with E-state index in [1.807, 2.05) is 12.1 Å². The van der Waals surface area contributed by atoms with Gasteiger partial charge in [-0.05, 0) is 58.2 Å². The van der Waals surface area contributed by atoms with Gasteiger partial charge in [-0.2, -0.15) is 10.2 Å². The van der Waals surface area contributed by atoms with Gasteiger partial charge in [0.05, 0.1) is 21.7 Å². The van der Waals surface area contributed by atoms with Crippen LogP contribution in [0.5, 0.6) is 0 Å². The monoisotopic (exact) mass is 475 g/mol. The first-order valence-electron chi connectivity index (χ1n) is 8.40. The highest BCUT2D eigenvalue weighted by molar-refractivity contribution is 9.10. The number of nitro benzene ring substituents is 1. The Labute approximate surface area is 179 Å². The van der Waals surface area contributed by atoms with E-state index in [2.05, 4.69) is 31.6 Å². The van der Waals surface area contributed by atoms with Crippen molar-refractivity contribution in [3.8, 4) is 0 Å². The summed E-state index contributed by atoms with van der Waals surface area (Å²) in [5.74, 6) is -0.479. The molecule has 0 fully saturated rings. The van der Waals surface area contributed by atoms with Crippen molar-refractivity contribution >= 4 is 44.8 Å². The molecule has 0 spiro atoms. The normalized spacial score (nSPS) is 11.3. The van der Waals surface area contributed by atoms with E-state index in [0.29, 0.717) is 27.3 Å². The number of carbonyl (C=O) groups is 1. The average molecular weight is 477 g/mol. The highest BCUT2D eigenvalue weighted by Crippen LogP contribution is 2.17. The van der Waals surface area contributed by atoms with Gasteiger partial charge < -0.3 is 0 Å². The third kappa shape index (κ3) is 5.27. The lowest BCUT2D eigenvalue weighted by Gasteiger charge is -2.03. The number of halogens is 2. The van der Waals surface area contributed by atoms with Gasteiger partial charge in [0, 0.05) is 23.4 Å². The average Bonchev–Trinajstić information content (AvgIpc) is 3.07.